The van der Waals surface area contributed by atoms with Gasteiger partial charge in [-0.1, -0.05) is 12.1 Å². The lowest BCUT2D eigenvalue weighted by molar-refractivity contribution is 0.102. The fourth-order valence-electron chi connectivity index (χ4n) is 1.87. The molecule has 0 aliphatic heterocycles. The average Bonchev–Trinajstić information content (AvgIpc) is 2.42. The summed E-state index contributed by atoms with van der Waals surface area (Å²) in [4.78, 5) is 16.2. The minimum atomic E-state index is -0.588. The molecule has 0 aliphatic rings. The fraction of sp³-hybridized carbons (Fsp3) is 0.200. The first-order chi connectivity index (χ1) is 9.41. The summed E-state index contributed by atoms with van der Waals surface area (Å²) in [5, 5.41) is 12.3. The van der Waals surface area contributed by atoms with Crippen LogP contribution >= 0.6 is 0 Å². The lowest BCUT2D eigenvalue weighted by Crippen LogP contribution is -2.16. The summed E-state index contributed by atoms with van der Waals surface area (Å²) < 4.78 is 13.5. The molecule has 2 rings (SSSR count). The minimum Gasteiger partial charge on any atom is -0.506 e. The van der Waals surface area contributed by atoms with Crippen molar-refractivity contribution in [2.75, 3.05) is 5.32 Å². The van der Waals surface area contributed by atoms with Crippen LogP contribution in [0.25, 0.3) is 0 Å². The first-order valence-electron chi connectivity index (χ1n) is 6.14. The minimum absolute atomic E-state index is 0.0444. The first-order valence-corrected chi connectivity index (χ1v) is 6.14. The molecule has 0 radical (unpaired) electrons. The van der Waals surface area contributed by atoms with Crippen molar-refractivity contribution in [1.29, 1.82) is 0 Å². The third kappa shape index (κ3) is 2.47. The molecule has 0 saturated carbocycles. The van der Waals surface area contributed by atoms with Gasteiger partial charge in [0.2, 0.25) is 0 Å². The average molecular weight is 274 g/mol. The lowest BCUT2D eigenvalue weighted by Gasteiger charge is -2.13. The van der Waals surface area contributed by atoms with Crippen LogP contribution in [0.1, 0.15) is 27.2 Å². The maximum Gasteiger partial charge on any atom is 0.259 e. The number of nitrogens with one attached hydrogen (secondary N) is 1. The highest BCUT2D eigenvalue weighted by Crippen LogP contribution is 2.27. The fourth-order valence-corrected chi connectivity index (χ4v) is 1.87. The van der Waals surface area contributed by atoms with E-state index in [0.717, 1.165) is 0 Å². The van der Waals surface area contributed by atoms with Crippen LogP contribution in [0.15, 0.2) is 24.3 Å². The maximum absolute atomic E-state index is 13.5. The van der Waals surface area contributed by atoms with Gasteiger partial charge in [-0.3, -0.25) is 4.79 Å². The summed E-state index contributed by atoms with van der Waals surface area (Å²) in [6.07, 6.45) is 0. The molecular weight excluding hydrogens is 259 g/mol. The molecule has 5 heteroatoms. The zero-order valence-corrected chi connectivity index (χ0v) is 11.5. The topological polar surface area (TPSA) is 62.2 Å². The second-order valence-corrected chi connectivity index (χ2v) is 4.58. The Labute approximate surface area is 116 Å². The van der Waals surface area contributed by atoms with Crippen molar-refractivity contribution in [2.45, 2.75) is 20.8 Å². The van der Waals surface area contributed by atoms with Crippen molar-refractivity contribution >= 4 is 11.7 Å². The van der Waals surface area contributed by atoms with Gasteiger partial charge in [-0.05, 0) is 44.0 Å². The molecule has 0 atom stereocenters. The number of anilines is 1. The Morgan fingerprint density at radius 1 is 1.20 bits per heavy atom. The van der Waals surface area contributed by atoms with Gasteiger partial charge in [-0.25, -0.2) is 9.37 Å². The van der Waals surface area contributed by atoms with Gasteiger partial charge in [0.15, 0.2) is 0 Å². The number of aryl methyl sites for hydroxylation is 1. The Morgan fingerprint density at radius 3 is 2.50 bits per heavy atom. The van der Waals surface area contributed by atoms with Crippen LogP contribution in [0.3, 0.4) is 0 Å². The van der Waals surface area contributed by atoms with Crippen molar-refractivity contribution in [3.05, 3.63) is 52.5 Å². The van der Waals surface area contributed by atoms with Gasteiger partial charge in [0, 0.05) is 0 Å². The summed E-state index contributed by atoms with van der Waals surface area (Å²) in [5.74, 6) is -0.726. The number of aromatic hydroxyl groups is 1. The van der Waals surface area contributed by atoms with E-state index in [1.165, 1.54) is 18.2 Å². The molecule has 0 fully saturated rings. The quantitative estimate of drug-likeness (QED) is 0.884. The van der Waals surface area contributed by atoms with Crippen LogP contribution in [0.4, 0.5) is 10.2 Å². The number of benzene rings is 1. The standard InChI is InChI=1S/C15H15FN2O2/c1-8-9(2)14(17-10(3)13(8)19)18-15(20)11-6-4-5-7-12(11)16/h4-7,19H,1-3H3,(H,17,18,20). The molecule has 0 bridgehead atoms. The van der Waals surface area contributed by atoms with E-state index >= 15 is 0 Å². The number of amides is 1. The highest BCUT2D eigenvalue weighted by molar-refractivity contribution is 6.04. The summed E-state index contributed by atoms with van der Waals surface area (Å²) >= 11 is 0. The molecule has 0 spiro atoms. The molecular formula is C15H15FN2O2. The van der Waals surface area contributed by atoms with Crippen molar-refractivity contribution in [1.82, 2.24) is 4.98 Å². The number of pyridine rings is 1. The summed E-state index contributed by atoms with van der Waals surface area (Å²) in [5.41, 5.74) is 1.66. The Hall–Kier alpha value is -2.43. The van der Waals surface area contributed by atoms with E-state index < -0.39 is 11.7 Å². The number of carbonyl (C=O) groups is 1. The summed E-state index contributed by atoms with van der Waals surface area (Å²) in [7, 11) is 0. The molecule has 104 valence electrons. The summed E-state index contributed by atoms with van der Waals surface area (Å²) in [6.45, 7) is 5.11. The Balaban J connectivity index is 2.36. The highest BCUT2D eigenvalue weighted by Gasteiger charge is 2.16. The molecule has 0 aliphatic carbocycles. The number of rotatable bonds is 2. The third-order valence-electron chi connectivity index (χ3n) is 3.25. The first kappa shape index (κ1) is 14.0. The molecule has 4 nitrogen and oxygen atoms in total. The second kappa shape index (κ2) is 5.28. The van der Waals surface area contributed by atoms with Crippen molar-refractivity contribution in [2.24, 2.45) is 0 Å². The molecule has 1 aromatic carbocycles. The van der Waals surface area contributed by atoms with Crippen LogP contribution in [-0.4, -0.2) is 16.0 Å². The molecule has 0 unspecified atom stereocenters. The number of halogens is 1. The Kier molecular flexibility index (Phi) is 3.70. The monoisotopic (exact) mass is 274 g/mol. The number of aromatic nitrogens is 1. The van der Waals surface area contributed by atoms with Crippen LogP contribution in [0.5, 0.6) is 5.75 Å². The van der Waals surface area contributed by atoms with E-state index in [2.05, 4.69) is 10.3 Å². The van der Waals surface area contributed by atoms with E-state index in [0.29, 0.717) is 22.6 Å². The molecule has 2 aromatic rings. The molecule has 1 aromatic heterocycles. The van der Waals surface area contributed by atoms with Gasteiger partial charge in [0.1, 0.15) is 17.4 Å². The van der Waals surface area contributed by atoms with Gasteiger partial charge >= 0.3 is 0 Å². The molecule has 1 amide bonds. The molecule has 20 heavy (non-hydrogen) atoms. The van der Waals surface area contributed by atoms with Gasteiger partial charge in [0.05, 0.1) is 11.3 Å². The third-order valence-corrected chi connectivity index (χ3v) is 3.25. The van der Waals surface area contributed by atoms with Gasteiger partial charge < -0.3 is 10.4 Å². The lowest BCUT2D eigenvalue weighted by atomic mass is 10.1. The number of nitrogens with zero attached hydrogens (tertiary/aromatic N) is 1. The van der Waals surface area contributed by atoms with E-state index in [4.69, 9.17) is 0 Å². The van der Waals surface area contributed by atoms with E-state index in [1.807, 2.05) is 0 Å². The summed E-state index contributed by atoms with van der Waals surface area (Å²) in [6, 6.07) is 5.73. The van der Waals surface area contributed by atoms with Crippen LogP contribution < -0.4 is 5.32 Å². The predicted octanol–water partition coefficient (Wildman–Crippen LogP) is 3.10. The zero-order chi connectivity index (χ0) is 14.9. The number of carbonyl (C=O) groups excluding carboxylic acids is 1. The van der Waals surface area contributed by atoms with Crippen molar-refractivity contribution < 1.29 is 14.3 Å². The van der Waals surface area contributed by atoms with Crippen LogP contribution in [0.2, 0.25) is 0 Å². The van der Waals surface area contributed by atoms with E-state index in [1.54, 1.807) is 26.8 Å². The van der Waals surface area contributed by atoms with Gasteiger partial charge in [-0.15, -0.1) is 0 Å². The largest absolute Gasteiger partial charge is 0.506 e. The van der Waals surface area contributed by atoms with Crippen molar-refractivity contribution in [3.8, 4) is 5.75 Å². The van der Waals surface area contributed by atoms with E-state index in [-0.39, 0.29) is 11.3 Å². The smallest absolute Gasteiger partial charge is 0.259 e. The zero-order valence-electron chi connectivity index (χ0n) is 11.5. The Bertz CT molecular complexity index is 684. The highest BCUT2D eigenvalue weighted by atomic mass is 19.1. The maximum atomic E-state index is 13.5. The SMILES string of the molecule is Cc1nc(NC(=O)c2ccccc2F)c(C)c(C)c1O. The van der Waals surface area contributed by atoms with Crippen molar-refractivity contribution in [3.63, 3.8) is 0 Å². The molecule has 2 N–H and O–H groups in total. The van der Waals surface area contributed by atoms with E-state index in [9.17, 15) is 14.3 Å². The predicted molar refractivity (Wildman–Crippen MR) is 74.5 cm³/mol. The number of hydrogen-bond donors (Lipinski definition) is 2. The molecule has 0 saturated heterocycles. The van der Waals surface area contributed by atoms with Gasteiger partial charge in [-0.2, -0.15) is 0 Å². The molecule has 1 heterocycles. The number of hydrogen-bond acceptors (Lipinski definition) is 3. The van der Waals surface area contributed by atoms with Crippen LogP contribution in [-0.2, 0) is 0 Å². The normalized spacial score (nSPS) is 10.4. The van der Waals surface area contributed by atoms with Gasteiger partial charge in [0.25, 0.3) is 5.91 Å². The Morgan fingerprint density at radius 2 is 1.85 bits per heavy atom. The van der Waals surface area contributed by atoms with Crippen LogP contribution in [0, 0.1) is 26.6 Å². The second-order valence-electron chi connectivity index (χ2n) is 4.58.